The van der Waals surface area contributed by atoms with Crippen molar-refractivity contribution in [3.63, 3.8) is 0 Å². The van der Waals surface area contributed by atoms with Crippen molar-refractivity contribution >= 4 is 17.7 Å². The standard InChI is InChI=1S/C24H38N4O3/c1-18-6-8-20(9-7-18)27-22(29)25-15-19-5-4-14-28(16-19)23(30)26-17-24(2)12-10-21(31-3)11-13-24/h6-9,19,21H,4-5,10-17H2,1-3H3,(H,26,30)(H2,25,27,29). The summed E-state index contributed by atoms with van der Waals surface area (Å²) in [6.07, 6.45) is 6.62. The molecule has 0 radical (unpaired) electrons. The third-order valence-corrected chi connectivity index (χ3v) is 6.81. The van der Waals surface area contributed by atoms with Crippen molar-refractivity contribution in [3.05, 3.63) is 29.8 Å². The number of anilines is 1. The maximum absolute atomic E-state index is 12.7. The van der Waals surface area contributed by atoms with E-state index in [-0.39, 0.29) is 23.4 Å². The van der Waals surface area contributed by atoms with E-state index in [1.807, 2.05) is 36.1 Å². The summed E-state index contributed by atoms with van der Waals surface area (Å²) in [6, 6.07) is 7.54. The molecule has 1 saturated carbocycles. The van der Waals surface area contributed by atoms with Crippen LogP contribution in [0, 0.1) is 18.3 Å². The minimum Gasteiger partial charge on any atom is -0.381 e. The third-order valence-electron chi connectivity index (χ3n) is 6.81. The average molecular weight is 431 g/mol. The Morgan fingerprint density at radius 1 is 1.13 bits per heavy atom. The molecule has 1 heterocycles. The smallest absolute Gasteiger partial charge is 0.319 e. The summed E-state index contributed by atoms with van der Waals surface area (Å²) in [7, 11) is 1.78. The summed E-state index contributed by atoms with van der Waals surface area (Å²) in [4.78, 5) is 26.8. The van der Waals surface area contributed by atoms with Crippen LogP contribution in [0.4, 0.5) is 15.3 Å². The molecule has 31 heavy (non-hydrogen) atoms. The normalized spacial score (nSPS) is 26.2. The Labute approximate surface area is 186 Å². The molecule has 1 aliphatic heterocycles. The molecule has 2 aliphatic rings. The Balaban J connectivity index is 1.38. The predicted molar refractivity (Wildman–Crippen MR) is 123 cm³/mol. The highest BCUT2D eigenvalue weighted by molar-refractivity contribution is 5.89. The minimum absolute atomic E-state index is 0.0175. The number of methoxy groups -OCH3 is 1. The van der Waals surface area contributed by atoms with Crippen molar-refractivity contribution < 1.29 is 14.3 Å². The number of hydrogen-bond acceptors (Lipinski definition) is 3. The number of aryl methyl sites for hydroxylation is 1. The van der Waals surface area contributed by atoms with Crippen LogP contribution in [0.15, 0.2) is 24.3 Å². The van der Waals surface area contributed by atoms with Crippen molar-refractivity contribution in [2.75, 3.05) is 38.6 Å². The first-order valence-electron chi connectivity index (χ1n) is 11.5. The van der Waals surface area contributed by atoms with Crippen LogP contribution < -0.4 is 16.0 Å². The molecule has 1 aliphatic carbocycles. The molecular formula is C24H38N4O3. The number of nitrogens with zero attached hydrogens (tertiary/aromatic N) is 1. The first-order valence-corrected chi connectivity index (χ1v) is 11.5. The number of carbonyl (C=O) groups excluding carboxylic acids is 2. The number of piperidine rings is 1. The summed E-state index contributed by atoms with van der Waals surface area (Å²) in [5.41, 5.74) is 2.08. The molecule has 4 amide bonds. The number of benzene rings is 1. The Kier molecular flexibility index (Phi) is 8.18. The van der Waals surface area contributed by atoms with Crippen molar-refractivity contribution in [3.8, 4) is 0 Å². The van der Waals surface area contributed by atoms with Gasteiger partial charge < -0.3 is 25.6 Å². The Morgan fingerprint density at radius 2 is 1.84 bits per heavy atom. The van der Waals surface area contributed by atoms with Gasteiger partial charge in [0, 0.05) is 39.0 Å². The quantitative estimate of drug-likeness (QED) is 0.634. The molecule has 1 saturated heterocycles. The van der Waals surface area contributed by atoms with Gasteiger partial charge in [-0.2, -0.15) is 0 Å². The number of rotatable bonds is 6. The highest BCUT2D eigenvalue weighted by Crippen LogP contribution is 2.36. The van der Waals surface area contributed by atoms with Crippen LogP contribution in [-0.4, -0.2) is 56.4 Å². The van der Waals surface area contributed by atoms with Crippen LogP contribution in [0.3, 0.4) is 0 Å². The largest absolute Gasteiger partial charge is 0.381 e. The van der Waals surface area contributed by atoms with E-state index in [0.29, 0.717) is 25.7 Å². The van der Waals surface area contributed by atoms with Crippen molar-refractivity contribution in [2.24, 2.45) is 11.3 Å². The fourth-order valence-electron chi connectivity index (χ4n) is 4.57. The van der Waals surface area contributed by atoms with Gasteiger partial charge in [0.25, 0.3) is 0 Å². The Bertz CT molecular complexity index is 729. The fourth-order valence-corrected chi connectivity index (χ4v) is 4.57. The molecule has 7 nitrogen and oxygen atoms in total. The van der Waals surface area contributed by atoms with Gasteiger partial charge in [0.15, 0.2) is 0 Å². The second-order valence-corrected chi connectivity index (χ2v) is 9.56. The van der Waals surface area contributed by atoms with Crippen LogP contribution in [0.5, 0.6) is 0 Å². The highest BCUT2D eigenvalue weighted by Gasteiger charge is 2.32. The molecule has 3 N–H and O–H groups in total. The summed E-state index contributed by atoms with van der Waals surface area (Å²) in [6.45, 7) is 7.01. The van der Waals surface area contributed by atoms with Crippen molar-refractivity contribution in [1.29, 1.82) is 0 Å². The van der Waals surface area contributed by atoms with Crippen molar-refractivity contribution in [1.82, 2.24) is 15.5 Å². The van der Waals surface area contributed by atoms with Crippen molar-refractivity contribution in [2.45, 2.75) is 58.5 Å². The summed E-state index contributed by atoms with van der Waals surface area (Å²) in [5.74, 6) is 0.274. The zero-order valence-electron chi connectivity index (χ0n) is 19.2. The molecule has 2 fully saturated rings. The van der Waals surface area contributed by atoms with E-state index in [9.17, 15) is 9.59 Å². The van der Waals surface area contributed by atoms with E-state index in [1.165, 1.54) is 0 Å². The molecule has 7 heteroatoms. The monoisotopic (exact) mass is 430 g/mol. The van der Waals surface area contributed by atoms with E-state index in [2.05, 4.69) is 22.9 Å². The topological polar surface area (TPSA) is 82.7 Å². The number of amides is 4. The zero-order valence-corrected chi connectivity index (χ0v) is 19.2. The van der Waals surface area contributed by atoms with Crippen LogP contribution in [0.1, 0.15) is 51.0 Å². The molecule has 1 aromatic rings. The molecule has 3 rings (SSSR count). The maximum Gasteiger partial charge on any atom is 0.319 e. The number of urea groups is 2. The van der Waals surface area contributed by atoms with Gasteiger partial charge in [-0.05, 0) is 68.9 Å². The molecule has 0 aromatic heterocycles. The molecule has 1 unspecified atom stereocenters. The predicted octanol–water partition coefficient (Wildman–Crippen LogP) is 4.13. The lowest BCUT2D eigenvalue weighted by Crippen LogP contribution is -2.50. The van der Waals surface area contributed by atoms with Gasteiger partial charge in [0.05, 0.1) is 6.10 Å². The van der Waals surface area contributed by atoms with Crippen LogP contribution in [0.25, 0.3) is 0 Å². The van der Waals surface area contributed by atoms with E-state index in [1.54, 1.807) is 7.11 Å². The Morgan fingerprint density at radius 3 is 2.52 bits per heavy atom. The van der Waals surface area contributed by atoms with Gasteiger partial charge in [0.1, 0.15) is 0 Å². The van der Waals surface area contributed by atoms with Gasteiger partial charge in [-0.15, -0.1) is 0 Å². The lowest BCUT2D eigenvalue weighted by atomic mass is 9.74. The van der Waals surface area contributed by atoms with Crippen LogP contribution in [-0.2, 0) is 4.74 Å². The van der Waals surface area contributed by atoms with Gasteiger partial charge in [-0.3, -0.25) is 0 Å². The van der Waals surface area contributed by atoms with E-state index < -0.39 is 0 Å². The molecule has 0 bridgehead atoms. The maximum atomic E-state index is 12.7. The molecule has 1 aromatic carbocycles. The van der Waals surface area contributed by atoms with E-state index in [0.717, 1.165) is 56.3 Å². The first-order chi connectivity index (χ1) is 14.9. The SMILES string of the molecule is COC1CCC(C)(CNC(=O)N2CCCC(CNC(=O)Nc3ccc(C)cc3)C2)CC1. The van der Waals surface area contributed by atoms with Gasteiger partial charge in [-0.25, -0.2) is 9.59 Å². The second kappa shape index (κ2) is 10.8. The number of carbonyl (C=O) groups is 2. The summed E-state index contributed by atoms with van der Waals surface area (Å²) >= 11 is 0. The van der Waals surface area contributed by atoms with Crippen LogP contribution >= 0.6 is 0 Å². The highest BCUT2D eigenvalue weighted by atomic mass is 16.5. The Hall–Kier alpha value is -2.28. The average Bonchev–Trinajstić information content (AvgIpc) is 2.78. The van der Waals surface area contributed by atoms with E-state index >= 15 is 0 Å². The third kappa shape index (κ3) is 7.13. The second-order valence-electron chi connectivity index (χ2n) is 9.56. The summed E-state index contributed by atoms with van der Waals surface area (Å²) in [5, 5.41) is 8.98. The van der Waals surface area contributed by atoms with Gasteiger partial charge >= 0.3 is 12.1 Å². The van der Waals surface area contributed by atoms with Crippen LogP contribution in [0.2, 0.25) is 0 Å². The number of likely N-dealkylation sites (tertiary alicyclic amines) is 1. The first kappa shape index (κ1) is 23.4. The summed E-state index contributed by atoms with van der Waals surface area (Å²) < 4.78 is 5.46. The molecule has 0 spiro atoms. The zero-order chi connectivity index (χ0) is 22.3. The van der Waals surface area contributed by atoms with E-state index in [4.69, 9.17) is 4.74 Å². The number of hydrogen-bond donors (Lipinski definition) is 3. The number of ether oxygens (including phenoxy) is 1. The number of nitrogens with one attached hydrogen (secondary N) is 3. The molecule has 172 valence electrons. The molecular weight excluding hydrogens is 392 g/mol. The fraction of sp³-hybridized carbons (Fsp3) is 0.667. The lowest BCUT2D eigenvalue weighted by Gasteiger charge is -2.38. The van der Waals surface area contributed by atoms with Gasteiger partial charge in [0.2, 0.25) is 0 Å². The lowest BCUT2D eigenvalue weighted by molar-refractivity contribution is 0.0327. The van der Waals surface area contributed by atoms with Gasteiger partial charge in [-0.1, -0.05) is 24.6 Å². The molecule has 1 atom stereocenters. The minimum atomic E-state index is -0.204.